The van der Waals surface area contributed by atoms with E-state index in [0.29, 0.717) is 23.7 Å². The fraction of sp³-hybridized carbons (Fsp3) is 0.545. The third kappa shape index (κ3) is 3.27. The summed E-state index contributed by atoms with van der Waals surface area (Å²) >= 11 is 1.03. The van der Waals surface area contributed by atoms with Crippen molar-refractivity contribution in [3.8, 4) is 0 Å². The summed E-state index contributed by atoms with van der Waals surface area (Å²) in [6.07, 6.45) is 0.334. The molecule has 0 radical (unpaired) electrons. The molecule has 0 saturated carbocycles. The molecule has 0 spiro atoms. The number of carboxylic acid groups (broad SMARTS) is 1. The van der Waals surface area contributed by atoms with Crippen LogP contribution in [-0.4, -0.2) is 41.5 Å². The average Bonchev–Trinajstić information content (AvgIpc) is 2.70. The molecule has 2 N–H and O–H groups in total. The number of nitrogens with one attached hydrogen (secondary N) is 1. The summed E-state index contributed by atoms with van der Waals surface area (Å²) in [7, 11) is 1.58. The number of carboxylic acids is 1. The fourth-order valence-corrected chi connectivity index (χ4v) is 2.35. The molecule has 1 aromatic heterocycles. The van der Waals surface area contributed by atoms with Gasteiger partial charge in [-0.05, 0) is 25.0 Å². The van der Waals surface area contributed by atoms with Crippen molar-refractivity contribution < 1.29 is 14.7 Å². The highest BCUT2D eigenvalue weighted by atomic mass is 32.1. The van der Waals surface area contributed by atoms with Crippen LogP contribution in [-0.2, 0) is 4.79 Å². The average molecular weight is 271 g/mol. The monoisotopic (exact) mass is 271 g/mol. The lowest BCUT2D eigenvalue weighted by atomic mass is 10.2. The van der Waals surface area contributed by atoms with Crippen LogP contribution in [0.25, 0.3) is 0 Å². The molecule has 0 aliphatic carbocycles. The van der Waals surface area contributed by atoms with Gasteiger partial charge in [-0.3, -0.25) is 4.79 Å². The molecule has 100 valence electrons. The van der Waals surface area contributed by atoms with Gasteiger partial charge in [0.1, 0.15) is 10.6 Å². The highest BCUT2D eigenvalue weighted by Gasteiger charge is 2.23. The maximum Gasteiger partial charge on any atom is 0.340 e. The first kappa shape index (κ1) is 14.6. The molecule has 0 atom stereocenters. The summed E-state index contributed by atoms with van der Waals surface area (Å²) in [5.41, 5.74) is 0.549. The third-order valence-electron chi connectivity index (χ3n) is 2.50. The standard InChI is InChI=1S/C11H17N3O3S/c1-4-12-6-5-8(15)14(3)10-9(11(16)17)7(2)13-18-10/h12H,4-6H2,1-3H3,(H,16,17). The number of aromatic carboxylic acids is 1. The quantitative estimate of drug-likeness (QED) is 0.757. The van der Waals surface area contributed by atoms with Gasteiger partial charge in [-0.15, -0.1) is 0 Å². The first-order chi connectivity index (χ1) is 8.49. The number of hydrogen-bond acceptors (Lipinski definition) is 5. The van der Waals surface area contributed by atoms with Crippen LogP contribution in [0.1, 0.15) is 29.4 Å². The molecule has 0 unspecified atom stereocenters. The maximum absolute atomic E-state index is 11.9. The molecule has 1 aromatic rings. The van der Waals surface area contributed by atoms with Gasteiger partial charge in [0, 0.05) is 20.0 Å². The van der Waals surface area contributed by atoms with E-state index in [9.17, 15) is 9.59 Å². The lowest BCUT2D eigenvalue weighted by molar-refractivity contribution is -0.118. The van der Waals surface area contributed by atoms with Gasteiger partial charge in [0.15, 0.2) is 0 Å². The summed E-state index contributed by atoms with van der Waals surface area (Å²) in [6.45, 7) is 4.97. The first-order valence-corrected chi connectivity index (χ1v) is 6.43. The second-order valence-electron chi connectivity index (χ2n) is 3.81. The SMILES string of the molecule is CCNCCC(=O)N(C)c1snc(C)c1C(=O)O. The molecule has 0 aromatic carbocycles. The van der Waals surface area contributed by atoms with Crippen molar-refractivity contribution in [1.82, 2.24) is 9.69 Å². The molecule has 1 rings (SSSR count). The molecule has 0 aliphatic rings. The van der Waals surface area contributed by atoms with Crippen molar-refractivity contribution in [1.29, 1.82) is 0 Å². The number of hydrogen-bond donors (Lipinski definition) is 2. The van der Waals surface area contributed by atoms with Crippen LogP contribution in [0.3, 0.4) is 0 Å². The van der Waals surface area contributed by atoms with Crippen molar-refractivity contribution in [3.05, 3.63) is 11.3 Å². The van der Waals surface area contributed by atoms with Gasteiger partial charge < -0.3 is 15.3 Å². The minimum absolute atomic E-state index is 0.110. The maximum atomic E-state index is 11.9. The van der Waals surface area contributed by atoms with E-state index in [2.05, 4.69) is 9.69 Å². The first-order valence-electron chi connectivity index (χ1n) is 5.65. The molecule has 0 fully saturated rings. The van der Waals surface area contributed by atoms with Gasteiger partial charge in [-0.1, -0.05) is 6.92 Å². The number of aryl methyl sites for hydroxylation is 1. The minimum atomic E-state index is -1.05. The second-order valence-corrected chi connectivity index (χ2v) is 4.56. The van der Waals surface area contributed by atoms with E-state index in [4.69, 9.17) is 5.11 Å². The molecular weight excluding hydrogens is 254 g/mol. The van der Waals surface area contributed by atoms with Crippen LogP contribution in [0.15, 0.2) is 0 Å². The minimum Gasteiger partial charge on any atom is -0.478 e. The van der Waals surface area contributed by atoms with E-state index in [1.807, 2.05) is 6.92 Å². The van der Waals surface area contributed by atoms with Crippen molar-refractivity contribution in [2.24, 2.45) is 0 Å². The molecule has 1 heterocycles. The highest BCUT2D eigenvalue weighted by Crippen LogP contribution is 2.28. The molecule has 0 saturated heterocycles. The number of carbonyl (C=O) groups is 2. The van der Waals surface area contributed by atoms with Crippen LogP contribution < -0.4 is 10.2 Å². The zero-order valence-electron chi connectivity index (χ0n) is 10.7. The Bertz CT molecular complexity index is 445. The van der Waals surface area contributed by atoms with Gasteiger partial charge in [-0.2, -0.15) is 4.37 Å². The Hall–Kier alpha value is -1.47. The Balaban J connectivity index is 2.80. The Morgan fingerprint density at radius 2 is 2.17 bits per heavy atom. The van der Waals surface area contributed by atoms with Crippen LogP contribution in [0.4, 0.5) is 5.00 Å². The summed E-state index contributed by atoms with van der Waals surface area (Å²) in [4.78, 5) is 24.3. The summed E-state index contributed by atoms with van der Waals surface area (Å²) in [6, 6.07) is 0. The molecule has 7 heteroatoms. The van der Waals surface area contributed by atoms with E-state index in [1.54, 1.807) is 14.0 Å². The topological polar surface area (TPSA) is 82.5 Å². The predicted octanol–water partition coefficient (Wildman–Crippen LogP) is 1.11. The number of amides is 1. The summed E-state index contributed by atoms with van der Waals surface area (Å²) < 4.78 is 3.99. The lowest BCUT2D eigenvalue weighted by Gasteiger charge is -2.15. The number of rotatable bonds is 6. The Morgan fingerprint density at radius 3 is 2.72 bits per heavy atom. The summed E-state index contributed by atoms with van der Waals surface area (Å²) in [5.74, 6) is -1.18. The van der Waals surface area contributed by atoms with E-state index >= 15 is 0 Å². The van der Waals surface area contributed by atoms with Crippen molar-refractivity contribution in [2.45, 2.75) is 20.3 Å². The smallest absolute Gasteiger partial charge is 0.340 e. The van der Waals surface area contributed by atoms with Gasteiger partial charge in [0.05, 0.1) is 5.69 Å². The number of aromatic nitrogens is 1. The van der Waals surface area contributed by atoms with Crippen LogP contribution >= 0.6 is 11.5 Å². The van der Waals surface area contributed by atoms with Crippen LogP contribution in [0, 0.1) is 6.92 Å². The number of anilines is 1. The van der Waals surface area contributed by atoms with Crippen LogP contribution in [0.5, 0.6) is 0 Å². The Labute approximate surface area is 110 Å². The van der Waals surface area contributed by atoms with Gasteiger partial charge in [0.25, 0.3) is 0 Å². The second kappa shape index (κ2) is 6.46. The van der Waals surface area contributed by atoms with E-state index in [0.717, 1.165) is 18.1 Å². The molecule has 0 aliphatic heterocycles. The predicted molar refractivity (Wildman–Crippen MR) is 70.4 cm³/mol. The van der Waals surface area contributed by atoms with E-state index < -0.39 is 5.97 Å². The molecule has 6 nitrogen and oxygen atoms in total. The van der Waals surface area contributed by atoms with Crippen LogP contribution in [0.2, 0.25) is 0 Å². The Morgan fingerprint density at radius 1 is 1.50 bits per heavy atom. The lowest BCUT2D eigenvalue weighted by Crippen LogP contribution is -2.30. The highest BCUT2D eigenvalue weighted by molar-refractivity contribution is 7.11. The molecule has 18 heavy (non-hydrogen) atoms. The number of nitrogens with zero attached hydrogens (tertiary/aromatic N) is 2. The van der Waals surface area contributed by atoms with E-state index in [1.165, 1.54) is 4.90 Å². The van der Waals surface area contributed by atoms with Gasteiger partial charge in [0.2, 0.25) is 5.91 Å². The third-order valence-corrected chi connectivity index (χ3v) is 3.52. The van der Waals surface area contributed by atoms with Gasteiger partial charge >= 0.3 is 5.97 Å². The molecule has 0 bridgehead atoms. The van der Waals surface area contributed by atoms with E-state index in [-0.39, 0.29) is 11.5 Å². The normalized spacial score (nSPS) is 10.4. The Kier molecular flexibility index (Phi) is 5.24. The van der Waals surface area contributed by atoms with Gasteiger partial charge in [-0.25, -0.2) is 4.79 Å². The zero-order valence-corrected chi connectivity index (χ0v) is 11.5. The zero-order chi connectivity index (χ0) is 13.7. The van der Waals surface area contributed by atoms with Crippen molar-refractivity contribution >= 4 is 28.4 Å². The fourth-order valence-electron chi connectivity index (χ4n) is 1.49. The number of carbonyl (C=O) groups excluding carboxylic acids is 1. The molecular formula is C11H17N3O3S. The van der Waals surface area contributed by atoms with Crippen molar-refractivity contribution in [3.63, 3.8) is 0 Å². The molecule has 1 amide bonds. The summed E-state index contributed by atoms with van der Waals surface area (Å²) in [5, 5.41) is 12.5. The largest absolute Gasteiger partial charge is 0.478 e. The van der Waals surface area contributed by atoms with Crippen molar-refractivity contribution in [2.75, 3.05) is 25.0 Å².